The number of amidine groups is 1. The minimum absolute atomic E-state index is 0.123. The van der Waals surface area contributed by atoms with Crippen molar-refractivity contribution in [3.8, 4) is 0 Å². The number of nitrogens with two attached hydrogens (primary N) is 1. The van der Waals surface area contributed by atoms with Crippen molar-refractivity contribution in [3.63, 3.8) is 0 Å². The molecule has 1 aromatic carbocycles. The molecule has 1 aliphatic heterocycles. The molecule has 1 heterocycles. The van der Waals surface area contributed by atoms with Crippen molar-refractivity contribution in [3.05, 3.63) is 35.4 Å². The molecule has 1 aliphatic carbocycles. The fourth-order valence-corrected chi connectivity index (χ4v) is 6.29. The van der Waals surface area contributed by atoms with Crippen LogP contribution in [-0.2, 0) is 30.1 Å². The molecule has 4 atom stereocenters. The summed E-state index contributed by atoms with van der Waals surface area (Å²) in [5, 5.41) is 20.9. The number of carbonyl (C=O) groups excluding carboxylic acids is 3. The fraction of sp³-hybridized carbons (Fsp3) is 0.583. The molecule has 0 radical (unpaired) electrons. The second kappa shape index (κ2) is 12.5. The zero-order valence-electron chi connectivity index (χ0n) is 20.8. The summed E-state index contributed by atoms with van der Waals surface area (Å²) < 4.78 is 33.0. The van der Waals surface area contributed by atoms with Crippen LogP contribution < -0.4 is 15.8 Å². The standard InChI is InChI=1S/C24H35N5O7S/c1-36-24(33)16-8-3-2-7-15(16)14-37(34,35)28-19-10-4-5-12-29(23(19)32)13-20(30)27-18-11-6-9-17(21(18)31)22(25)26/h2-3,7-8,17-19,21,28,31H,4-6,9-14H2,1H3,(H3,25,26)(H,27,30)/t17?,18-,19-,21?/m0/s1. The first kappa shape index (κ1) is 28.5. The minimum Gasteiger partial charge on any atom is -0.465 e. The van der Waals surface area contributed by atoms with Crippen molar-refractivity contribution < 1.29 is 32.6 Å². The first-order valence-electron chi connectivity index (χ1n) is 12.3. The van der Waals surface area contributed by atoms with Gasteiger partial charge in [0.05, 0.1) is 43.0 Å². The maximum absolute atomic E-state index is 13.2. The number of likely N-dealkylation sites (tertiary alicyclic amines) is 1. The Morgan fingerprint density at radius 2 is 1.92 bits per heavy atom. The van der Waals surface area contributed by atoms with Gasteiger partial charge in [0.1, 0.15) is 6.04 Å². The number of sulfonamides is 1. The van der Waals surface area contributed by atoms with Gasteiger partial charge in [-0.3, -0.25) is 15.0 Å². The van der Waals surface area contributed by atoms with E-state index in [-0.39, 0.29) is 29.9 Å². The van der Waals surface area contributed by atoms with Gasteiger partial charge in [-0.25, -0.2) is 17.9 Å². The summed E-state index contributed by atoms with van der Waals surface area (Å²) in [7, 11) is -2.81. The molecule has 3 rings (SSSR count). The largest absolute Gasteiger partial charge is 0.465 e. The van der Waals surface area contributed by atoms with Gasteiger partial charge in [-0.1, -0.05) is 24.6 Å². The van der Waals surface area contributed by atoms with Crippen LogP contribution in [-0.4, -0.2) is 80.4 Å². The second-order valence-corrected chi connectivity index (χ2v) is 11.2. The highest BCUT2D eigenvalue weighted by atomic mass is 32.2. The summed E-state index contributed by atoms with van der Waals surface area (Å²) in [4.78, 5) is 39.2. The van der Waals surface area contributed by atoms with Crippen LogP contribution in [0, 0.1) is 11.3 Å². The van der Waals surface area contributed by atoms with E-state index in [1.807, 2.05) is 0 Å². The van der Waals surface area contributed by atoms with Crippen LogP contribution in [0.3, 0.4) is 0 Å². The molecule has 37 heavy (non-hydrogen) atoms. The van der Waals surface area contributed by atoms with Crippen molar-refractivity contribution in [2.75, 3.05) is 20.2 Å². The number of aliphatic hydroxyl groups excluding tert-OH is 1. The smallest absolute Gasteiger partial charge is 0.338 e. The van der Waals surface area contributed by atoms with Crippen molar-refractivity contribution in [2.45, 2.75) is 62.5 Å². The summed E-state index contributed by atoms with van der Waals surface area (Å²) in [6.45, 7) is 0.00907. The van der Waals surface area contributed by atoms with Gasteiger partial charge in [-0.2, -0.15) is 0 Å². The van der Waals surface area contributed by atoms with E-state index in [2.05, 4.69) is 10.0 Å². The van der Waals surface area contributed by atoms with Crippen LogP contribution in [0.25, 0.3) is 0 Å². The summed E-state index contributed by atoms with van der Waals surface area (Å²) in [6, 6.07) is 4.55. The van der Waals surface area contributed by atoms with Crippen LogP contribution in [0.2, 0.25) is 0 Å². The molecule has 0 aromatic heterocycles. The molecule has 1 saturated heterocycles. The Labute approximate surface area is 216 Å². The van der Waals surface area contributed by atoms with Gasteiger partial charge in [-0.15, -0.1) is 0 Å². The summed E-state index contributed by atoms with van der Waals surface area (Å²) in [5.41, 5.74) is 5.93. The predicted molar refractivity (Wildman–Crippen MR) is 135 cm³/mol. The number of nitrogens with zero attached hydrogens (tertiary/aromatic N) is 1. The summed E-state index contributed by atoms with van der Waals surface area (Å²) in [5.74, 6) is -2.81. The van der Waals surface area contributed by atoms with Crippen molar-refractivity contribution in [2.24, 2.45) is 11.7 Å². The van der Waals surface area contributed by atoms with Crippen LogP contribution in [0.15, 0.2) is 24.3 Å². The molecule has 0 bridgehead atoms. The molecular weight excluding hydrogens is 502 g/mol. The molecule has 204 valence electrons. The molecule has 13 heteroatoms. The van der Waals surface area contributed by atoms with E-state index in [0.717, 1.165) is 0 Å². The van der Waals surface area contributed by atoms with E-state index >= 15 is 0 Å². The maximum Gasteiger partial charge on any atom is 0.338 e. The maximum atomic E-state index is 13.2. The van der Waals surface area contributed by atoms with Gasteiger partial charge in [0.2, 0.25) is 21.8 Å². The topological polar surface area (TPSA) is 192 Å². The zero-order valence-corrected chi connectivity index (χ0v) is 21.6. The van der Waals surface area contributed by atoms with Gasteiger partial charge in [0.25, 0.3) is 0 Å². The quantitative estimate of drug-likeness (QED) is 0.163. The summed E-state index contributed by atoms with van der Waals surface area (Å²) in [6.07, 6.45) is 2.26. The highest BCUT2D eigenvalue weighted by Crippen LogP contribution is 2.25. The third-order valence-electron chi connectivity index (χ3n) is 6.81. The van der Waals surface area contributed by atoms with Crippen LogP contribution in [0.4, 0.5) is 0 Å². The third-order valence-corrected chi connectivity index (χ3v) is 8.14. The normalized spacial score (nSPS) is 24.7. The van der Waals surface area contributed by atoms with Crippen LogP contribution >= 0.6 is 0 Å². The number of benzene rings is 1. The van der Waals surface area contributed by atoms with E-state index in [4.69, 9.17) is 15.9 Å². The van der Waals surface area contributed by atoms with E-state index in [1.165, 1.54) is 24.1 Å². The zero-order chi connectivity index (χ0) is 27.2. The lowest BCUT2D eigenvalue weighted by Crippen LogP contribution is -2.55. The first-order valence-corrected chi connectivity index (χ1v) is 13.9. The number of hydrogen-bond acceptors (Lipinski definition) is 8. The molecule has 6 N–H and O–H groups in total. The van der Waals surface area contributed by atoms with Gasteiger partial charge in [0.15, 0.2) is 0 Å². The van der Waals surface area contributed by atoms with Crippen molar-refractivity contribution in [1.82, 2.24) is 14.9 Å². The van der Waals surface area contributed by atoms with Gasteiger partial charge in [-0.05, 0) is 43.7 Å². The molecule has 2 aliphatic rings. The Morgan fingerprint density at radius 1 is 1.19 bits per heavy atom. The number of carbonyl (C=O) groups is 3. The Kier molecular flexibility index (Phi) is 9.62. The number of hydrogen-bond donors (Lipinski definition) is 5. The van der Waals surface area contributed by atoms with Crippen LogP contribution in [0.1, 0.15) is 54.4 Å². The number of rotatable bonds is 9. The lowest BCUT2D eigenvalue weighted by Gasteiger charge is -2.35. The van der Waals surface area contributed by atoms with Gasteiger partial charge in [0, 0.05) is 12.5 Å². The first-order chi connectivity index (χ1) is 17.5. The monoisotopic (exact) mass is 537 g/mol. The molecule has 2 amide bonds. The second-order valence-electron chi connectivity index (χ2n) is 9.49. The Morgan fingerprint density at radius 3 is 2.62 bits per heavy atom. The number of ether oxygens (including phenoxy) is 1. The fourth-order valence-electron chi connectivity index (χ4n) is 4.89. The Balaban J connectivity index is 1.64. The molecule has 1 aromatic rings. The van der Waals surface area contributed by atoms with Crippen molar-refractivity contribution in [1.29, 1.82) is 5.41 Å². The SMILES string of the molecule is COC(=O)c1ccccc1CS(=O)(=O)N[C@H]1CCCCN(CC(=O)N[C@H]2CCCC(C(=N)N)C2O)C1=O. The lowest BCUT2D eigenvalue weighted by molar-refractivity contribution is -0.137. The average molecular weight is 538 g/mol. The molecular formula is C24H35N5O7S. The average Bonchev–Trinajstić information content (AvgIpc) is 3.00. The Bertz CT molecular complexity index is 1130. The van der Waals surface area contributed by atoms with Gasteiger partial charge < -0.3 is 25.8 Å². The molecule has 2 unspecified atom stereocenters. The third kappa shape index (κ3) is 7.49. The minimum atomic E-state index is -4.01. The molecule has 2 fully saturated rings. The van der Waals surface area contributed by atoms with Crippen molar-refractivity contribution >= 4 is 33.6 Å². The highest BCUT2D eigenvalue weighted by molar-refractivity contribution is 7.88. The molecule has 12 nitrogen and oxygen atoms in total. The number of aliphatic hydroxyl groups is 1. The van der Waals surface area contributed by atoms with E-state index < -0.39 is 57.7 Å². The van der Waals surface area contributed by atoms with E-state index in [1.54, 1.807) is 12.1 Å². The Hall–Kier alpha value is -3.03. The number of esters is 1. The molecule has 1 saturated carbocycles. The number of methoxy groups -OCH3 is 1. The van der Waals surface area contributed by atoms with E-state index in [9.17, 15) is 27.9 Å². The number of nitrogens with one attached hydrogen (secondary N) is 3. The van der Waals surface area contributed by atoms with Crippen LogP contribution in [0.5, 0.6) is 0 Å². The highest BCUT2D eigenvalue weighted by Gasteiger charge is 2.36. The van der Waals surface area contributed by atoms with Gasteiger partial charge >= 0.3 is 5.97 Å². The lowest BCUT2D eigenvalue weighted by atomic mass is 9.82. The number of amides is 2. The predicted octanol–water partition coefficient (Wildman–Crippen LogP) is -0.145. The van der Waals surface area contributed by atoms with E-state index in [0.29, 0.717) is 38.6 Å². The summed E-state index contributed by atoms with van der Waals surface area (Å²) >= 11 is 0. The molecule has 0 spiro atoms.